The molecule has 0 fully saturated rings. The van der Waals surface area contributed by atoms with Gasteiger partial charge in [-0.2, -0.15) is 0 Å². The van der Waals surface area contributed by atoms with Crippen molar-refractivity contribution in [1.29, 1.82) is 0 Å². The van der Waals surface area contributed by atoms with Crippen molar-refractivity contribution in [1.82, 2.24) is 4.57 Å². The molecule has 0 saturated heterocycles. The number of carbonyl (C=O) groups excluding carboxylic acids is 1. The molecule has 4 heteroatoms. The van der Waals surface area contributed by atoms with Crippen molar-refractivity contribution in [2.75, 3.05) is 6.61 Å². The van der Waals surface area contributed by atoms with Crippen LogP contribution in [-0.4, -0.2) is 17.1 Å². The Morgan fingerprint density at radius 2 is 2.00 bits per heavy atom. The molecule has 0 unspecified atom stereocenters. The number of hydrogen-bond donors (Lipinski definition) is 0. The second-order valence-electron chi connectivity index (χ2n) is 4.93. The number of aryl methyl sites for hydroxylation is 1. The summed E-state index contributed by atoms with van der Waals surface area (Å²) >= 11 is 0. The molecule has 3 rings (SSSR count). The highest BCUT2D eigenvalue weighted by atomic mass is 16.5. The van der Waals surface area contributed by atoms with Crippen LogP contribution in [0.25, 0.3) is 11.1 Å². The van der Waals surface area contributed by atoms with E-state index in [1.54, 1.807) is 13.0 Å². The third kappa shape index (κ3) is 2.57. The minimum absolute atomic E-state index is 0.322. The monoisotopic (exact) mass is 283 g/mol. The molecular weight excluding hydrogens is 266 g/mol. The van der Waals surface area contributed by atoms with E-state index in [2.05, 4.69) is 0 Å². The summed E-state index contributed by atoms with van der Waals surface area (Å²) < 4.78 is 12.7. The number of rotatable bonds is 4. The number of benzene rings is 1. The summed E-state index contributed by atoms with van der Waals surface area (Å²) in [4.78, 5) is 12.1. The van der Waals surface area contributed by atoms with Crippen molar-refractivity contribution in [3.63, 3.8) is 0 Å². The normalized spacial score (nSPS) is 11.0. The Bertz CT molecular complexity index is 768. The van der Waals surface area contributed by atoms with E-state index < -0.39 is 0 Å². The molecule has 0 aliphatic rings. The Labute approximate surface area is 122 Å². The van der Waals surface area contributed by atoms with Gasteiger partial charge in [0.05, 0.1) is 12.1 Å². The lowest BCUT2D eigenvalue weighted by Crippen LogP contribution is -2.12. The lowest BCUT2D eigenvalue weighted by molar-refractivity contribution is 0.0515. The van der Waals surface area contributed by atoms with E-state index in [9.17, 15) is 4.79 Å². The maximum Gasteiger partial charge on any atom is 0.355 e. The number of aromatic nitrogens is 1. The largest absolute Gasteiger partial charge is 0.461 e. The van der Waals surface area contributed by atoms with Gasteiger partial charge in [0.15, 0.2) is 5.58 Å². The summed E-state index contributed by atoms with van der Waals surface area (Å²) in [6.45, 7) is 4.67. The van der Waals surface area contributed by atoms with Crippen LogP contribution in [0.15, 0.2) is 46.9 Å². The van der Waals surface area contributed by atoms with Gasteiger partial charge in [0.25, 0.3) is 0 Å². The zero-order chi connectivity index (χ0) is 14.8. The van der Waals surface area contributed by atoms with Crippen LogP contribution in [0.4, 0.5) is 0 Å². The zero-order valence-electron chi connectivity index (χ0n) is 12.1. The average Bonchev–Trinajstić information content (AvgIpc) is 2.98. The SMILES string of the molecule is CCOC(=O)c1cc2oc(C)cc2n1Cc1ccccc1. The number of fused-ring (bicyclic) bond motifs is 1. The predicted molar refractivity (Wildman–Crippen MR) is 80.4 cm³/mol. The fourth-order valence-corrected chi connectivity index (χ4v) is 2.48. The molecule has 0 spiro atoms. The van der Waals surface area contributed by atoms with E-state index in [1.165, 1.54) is 0 Å². The Hall–Kier alpha value is -2.49. The van der Waals surface area contributed by atoms with Gasteiger partial charge in [-0.25, -0.2) is 4.79 Å². The third-order valence-electron chi connectivity index (χ3n) is 3.38. The van der Waals surface area contributed by atoms with Crippen molar-refractivity contribution in [2.24, 2.45) is 0 Å². The number of hydrogen-bond acceptors (Lipinski definition) is 3. The molecule has 4 nitrogen and oxygen atoms in total. The van der Waals surface area contributed by atoms with Gasteiger partial charge in [0, 0.05) is 18.7 Å². The van der Waals surface area contributed by atoms with Crippen LogP contribution in [0.1, 0.15) is 28.7 Å². The van der Waals surface area contributed by atoms with Crippen LogP contribution in [0.3, 0.4) is 0 Å². The summed E-state index contributed by atoms with van der Waals surface area (Å²) in [6.07, 6.45) is 0. The molecule has 0 amide bonds. The van der Waals surface area contributed by atoms with Gasteiger partial charge in [-0.3, -0.25) is 0 Å². The number of nitrogens with zero attached hydrogens (tertiary/aromatic N) is 1. The summed E-state index contributed by atoms with van der Waals surface area (Å²) in [5.74, 6) is 0.509. The van der Waals surface area contributed by atoms with Gasteiger partial charge in [0.2, 0.25) is 0 Å². The maximum atomic E-state index is 12.1. The zero-order valence-corrected chi connectivity index (χ0v) is 12.1. The Morgan fingerprint density at radius 1 is 1.24 bits per heavy atom. The first kappa shape index (κ1) is 13.5. The van der Waals surface area contributed by atoms with Crippen LogP contribution in [0, 0.1) is 6.92 Å². The topological polar surface area (TPSA) is 44.4 Å². The van der Waals surface area contributed by atoms with Crippen molar-refractivity contribution in [3.05, 3.63) is 59.5 Å². The van der Waals surface area contributed by atoms with Crippen molar-refractivity contribution in [3.8, 4) is 0 Å². The van der Waals surface area contributed by atoms with Crippen LogP contribution >= 0.6 is 0 Å². The van der Waals surface area contributed by atoms with Crippen LogP contribution in [0.5, 0.6) is 0 Å². The Kier molecular flexibility index (Phi) is 3.52. The minimum atomic E-state index is -0.322. The molecule has 0 N–H and O–H groups in total. The van der Waals surface area contributed by atoms with Gasteiger partial charge in [0.1, 0.15) is 11.5 Å². The van der Waals surface area contributed by atoms with Gasteiger partial charge < -0.3 is 13.7 Å². The first-order valence-corrected chi connectivity index (χ1v) is 6.99. The van der Waals surface area contributed by atoms with E-state index in [-0.39, 0.29) is 5.97 Å². The van der Waals surface area contributed by atoms with E-state index in [0.29, 0.717) is 24.4 Å². The molecule has 0 aliphatic heterocycles. The highest BCUT2D eigenvalue weighted by Gasteiger charge is 2.19. The molecule has 0 atom stereocenters. The average molecular weight is 283 g/mol. The van der Waals surface area contributed by atoms with Crippen molar-refractivity contribution >= 4 is 17.1 Å². The molecule has 2 aromatic heterocycles. The molecule has 0 saturated carbocycles. The second kappa shape index (κ2) is 5.48. The lowest BCUT2D eigenvalue weighted by atomic mass is 10.2. The Balaban J connectivity index is 2.08. The van der Waals surface area contributed by atoms with Crippen LogP contribution in [0.2, 0.25) is 0 Å². The lowest BCUT2D eigenvalue weighted by Gasteiger charge is -2.09. The van der Waals surface area contributed by atoms with Gasteiger partial charge in [-0.05, 0) is 19.4 Å². The van der Waals surface area contributed by atoms with Gasteiger partial charge >= 0.3 is 5.97 Å². The fraction of sp³-hybridized carbons (Fsp3) is 0.235. The summed E-state index contributed by atoms with van der Waals surface area (Å²) in [7, 11) is 0. The van der Waals surface area contributed by atoms with Crippen molar-refractivity contribution < 1.29 is 13.9 Å². The standard InChI is InChI=1S/C17H17NO3/c1-3-20-17(19)15-10-16-14(9-12(2)21-16)18(15)11-13-7-5-4-6-8-13/h4-10H,3,11H2,1-2H3. The molecule has 21 heavy (non-hydrogen) atoms. The smallest absolute Gasteiger partial charge is 0.355 e. The highest BCUT2D eigenvalue weighted by Crippen LogP contribution is 2.25. The summed E-state index contributed by atoms with van der Waals surface area (Å²) in [6, 6.07) is 13.7. The van der Waals surface area contributed by atoms with E-state index >= 15 is 0 Å². The first-order valence-electron chi connectivity index (χ1n) is 6.99. The number of esters is 1. The number of carbonyl (C=O) groups is 1. The molecule has 0 radical (unpaired) electrons. The minimum Gasteiger partial charge on any atom is -0.461 e. The molecule has 1 aromatic carbocycles. The van der Waals surface area contributed by atoms with Crippen molar-refractivity contribution in [2.45, 2.75) is 20.4 Å². The van der Waals surface area contributed by atoms with Crippen LogP contribution < -0.4 is 0 Å². The highest BCUT2D eigenvalue weighted by molar-refractivity contribution is 5.94. The molecule has 0 bridgehead atoms. The summed E-state index contributed by atoms with van der Waals surface area (Å²) in [5.41, 5.74) is 3.28. The van der Waals surface area contributed by atoms with Gasteiger partial charge in [-0.15, -0.1) is 0 Å². The van der Waals surface area contributed by atoms with E-state index in [0.717, 1.165) is 16.8 Å². The second-order valence-corrected chi connectivity index (χ2v) is 4.93. The van der Waals surface area contributed by atoms with Gasteiger partial charge in [-0.1, -0.05) is 30.3 Å². The molecular formula is C17H17NO3. The molecule has 2 heterocycles. The van der Waals surface area contributed by atoms with E-state index in [4.69, 9.17) is 9.15 Å². The van der Waals surface area contributed by atoms with E-state index in [1.807, 2.05) is 47.9 Å². The fourth-order valence-electron chi connectivity index (χ4n) is 2.48. The number of furan rings is 1. The summed E-state index contributed by atoms with van der Waals surface area (Å²) in [5, 5.41) is 0. The van der Waals surface area contributed by atoms with Crippen LogP contribution in [-0.2, 0) is 11.3 Å². The number of ether oxygens (including phenoxy) is 1. The third-order valence-corrected chi connectivity index (χ3v) is 3.38. The molecule has 3 aromatic rings. The molecule has 0 aliphatic carbocycles. The molecule has 108 valence electrons. The quantitative estimate of drug-likeness (QED) is 0.685. The first-order chi connectivity index (χ1) is 10.2. The maximum absolute atomic E-state index is 12.1. The predicted octanol–water partition coefficient (Wildman–Crippen LogP) is 3.77. The Morgan fingerprint density at radius 3 is 2.71 bits per heavy atom.